The minimum atomic E-state index is 0.241. The summed E-state index contributed by atoms with van der Waals surface area (Å²) in [5.41, 5.74) is 10.6. The topological polar surface area (TPSA) is 29.3 Å². The molecule has 2 nitrogen and oxygen atoms in total. The van der Waals surface area contributed by atoms with Crippen LogP contribution < -0.4 is 10.6 Å². The van der Waals surface area contributed by atoms with Crippen molar-refractivity contribution in [1.29, 1.82) is 0 Å². The molecular formula is C15H24N2. The zero-order chi connectivity index (χ0) is 12.6. The Balaban J connectivity index is 2.50. The molecule has 1 saturated carbocycles. The Hall–Kier alpha value is -1.02. The number of hydrogen-bond acceptors (Lipinski definition) is 2. The van der Waals surface area contributed by atoms with Gasteiger partial charge in [0.1, 0.15) is 0 Å². The van der Waals surface area contributed by atoms with Gasteiger partial charge in [0, 0.05) is 31.2 Å². The highest BCUT2D eigenvalue weighted by molar-refractivity contribution is 5.59. The van der Waals surface area contributed by atoms with E-state index in [0.717, 1.165) is 6.42 Å². The maximum atomic E-state index is 6.21. The van der Waals surface area contributed by atoms with Crippen LogP contribution in [0.15, 0.2) is 18.2 Å². The first-order valence-electron chi connectivity index (χ1n) is 6.57. The first-order chi connectivity index (χ1) is 8.01. The monoisotopic (exact) mass is 232 g/mol. The van der Waals surface area contributed by atoms with E-state index in [2.05, 4.69) is 51.0 Å². The Bertz CT molecular complexity index is 403. The molecule has 0 radical (unpaired) electrons. The minimum Gasteiger partial charge on any atom is -0.377 e. The van der Waals surface area contributed by atoms with E-state index < -0.39 is 0 Å². The van der Waals surface area contributed by atoms with Crippen molar-refractivity contribution >= 4 is 5.69 Å². The van der Waals surface area contributed by atoms with E-state index in [9.17, 15) is 0 Å². The van der Waals surface area contributed by atoms with Gasteiger partial charge in [0.25, 0.3) is 0 Å². The van der Waals surface area contributed by atoms with Gasteiger partial charge in [-0.1, -0.05) is 19.1 Å². The fourth-order valence-electron chi connectivity index (χ4n) is 2.70. The second kappa shape index (κ2) is 4.34. The van der Waals surface area contributed by atoms with Crippen molar-refractivity contribution in [2.45, 2.75) is 44.6 Å². The normalized spacial score (nSPS) is 18.9. The van der Waals surface area contributed by atoms with Gasteiger partial charge in [0.2, 0.25) is 0 Å². The lowest BCUT2D eigenvalue weighted by Gasteiger charge is -2.27. The molecule has 1 atom stereocenters. The summed E-state index contributed by atoms with van der Waals surface area (Å²) in [7, 11) is 4.23. The summed E-state index contributed by atoms with van der Waals surface area (Å²) in [6.45, 7) is 4.35. The number of benzene rings is 1. The van der Waals surface area contributed by atoms with Gasteiger partial charge in [-0.15, -0.1) is 0 Å². The first kappa shape index (κ1) is 12.4. The molecule has 1 aliphatic carbocycles. The lowest BCUT2D eigenvalue weighted by molar-refractivity contribution is 0.556. The van der Waals surface area contributed by atoms with Gasteiger partial charge in [-0.25, -0.2) is 0 Å². The smallest absolute Gasteiger partial charge is 0.0400 e. The standard InChI is InChI=1S/C15H24N2/c1-5-12-6-7-14(17(3)4)13(10-12)15(8-9-15)11(2)16/h6-7,10-11H,5,8-9,16H2,1-4H3. The molecule has 0 heterocycles. The minimum absolute atomic E-state index is 0.241. The van der Waals surface area contributed by atoms with Crippen LogP contribution in [-0.4, -0.2) is 20.1 Å². The summed E-state index contributed by atoms with van der Waals surface area (Å²) in [6, 6.07) is 7.09. The van der Waals surface area contributed by atoms with E-state index >= 15 is 0 Å². The second-order valence-electron chi connectivity index (χ2n) is 5.54. The highest BCUT2D eigenvalue weighted by Gasteiger charge is 2.48. The molecule has 2 heteroatoms. The third-order valence-electron chi connectivity index (χ3n) is 4.15. The summed E-state index contributed by atoms with van der Waals surface area (Å²) in [6.07, 6.45) is 3.56. The van der Waals surface area contributed by atoms with Crippen molar-refractivity contribution in [2.75, 3.05) is 19.0 Å². The molecule has 2 rings (SSSR count). The van der Waals surface area contributed by atoms with Gasteiger partial charge in [0.15, 0.2) is 0 Å². The SMILES string of the molecule is CCc1ccc(N(C)C)c(C2(C(C)N)CC2)c1. The Morgan fingerprint density at radius 3 is 2.41 bits per heavy atom. The average Bonchev–Trinajstić information content (AvgIpc) is 3.09. The van der Waals surface area contributed by atoms with Gasteiger partial charge in [-0.2, -0.15) is 0 Å². The van der Waals surface area contributed by atoms with Crippen LogP contribution in [0.3, 0.4) is 0 Å². The largest absolute Gasteiger partial charge is 0.377 e. The molecule has 0 aliphatic heterocycles. The van der Waals surface area contributed by atoms with Crippen LogP contribution >= 0.6 is 0 Å². The van der Waals surface area contributed by atoms with E-state index in [0.29, 0.717) is 0 Å². The van der Waals surface area contributed by atoms with Crippen molar-refractivity contribution in [3.8, 4) is 0 Å². The number of rotatable bonds is 4. The summed E-state index contributed by atoms with van der Waals surface area (Å²) in [5.74, 6) is 0. The fourth-order valence-corrected chi connectivity index (χ4v) is 2.70. The van der Waals surface area contributed by atoms with Crippen LogP contribution in [0.1, 0.15) is 37.8 Å². The van der Waals surface area contributed by atoms with Crippen LogP contribution in [0.25, 0.3) is 0 Å². The lowest BCUT2D eigenvalue weighted by atomic mass is 9.86. The lowest BCUT2D eigenvalue weighted by Crippen LogP contribution is -2.33. The van der Waals surface area contributed by atoms with Crippen LogP contribution in [0.4, 0.5) is 5.69 Å². The van der Waals surface area contributed by atoms with Gasteiger partial charge >= 0.3 is 0 Å². The van der Waals surface area contributed by atoms with Crippen LogP contribution in [0.5, 0.6) is 0 Å². The van der Waals surface area contributed by atoms with Crippen molar-refractivity contribution < 1.29 is 0 Å². The molecule has 94 valence electrons. The molecule has 0 spiro atoms. The van der Waals surface area contributed by atoms with Gasteiger partial charge in [0.05, 0.1) is 0 Å². The predicted octanol–water partition coefficient (Wildman–Crippen LogP) is 2.69. The predicted molar refractivity (Wildman–Crippen MR) is 74.7 cm³/mol. The number of hydrogen-bond donors (Lipinski definition) is 1. The maximum Gasteiger partial charge on any atom is 0.0400 e. The Morgan fingerprint density at radius 2 is 2.00 bits per heavy atom. The maximum absolute atomic E-state index is 6.21. The second-order valence-corrected chi connectivity index (χ2v) is 5.54. The van der Waals surface area contributed by atoms with E-state index in [4.69, 9.17) is 5.73 Å². The number of anilines is 1. The molecule has 0 amide bonds. The highest BCUT2D eigenvalue weighted by Crippen LogP contribution is 2.53. The quantitative estimate of drug-likeness (QED) is 0.865. The molecule has 17 heavy (non-hydrogen) atoms. The first-order valence-corrected chi connectivity index (χ1v) is 6.57. The molecule has 0 saturated heterocycles. The zero-order valence-electron chi connectivity index (χ0n) is 11.5. The van der Waals surface area contributed by atoms with E-state index in [1.54, 1.807) is 0 Å². The number of nitrogens with zero attached hydrogens (tertiary/aromatic N) is 1. The van der Waals surface area contributed by atoms with Crippen molar-refractivity contribution in [2.24, 2.45) is 5.73 Å². The molecule has 1 aliphatic rings. The van der Waals surface area contributed by atoms with E-state index in [1.165, 1.54) is 29.7 Å². The van der Waals surface area contributed by atoms with Crippen LogP contribution in [-0.2, 0) is 11.8 Å². The molecule has 1 aromatic carbocycles. The van der Waals surface area contributed by atoms with Gasteiger partial charge in [-0.3, -0.25) is 0 Å². The van der Waals surface area contributed by atoms with Crippen LogP contribution in [0, 0.1) is 0 Å². The zero-order valence-corrected chi connectivity index (χ0v) is 11.5. The highest BCUT2D eigenvalue weighted by atomic mass is 15.1. The number of nitrogens with two attached hydrogens (primary N) is 1. The van der Waals surface area contributed by atoms with Gasteiger partial charge < -0.3 is 10.6 Å². The van der Waals surface area contributed by atoms with E-state index in [-0.39, 0.29) is 11.5 Å². The average molecular weight is 232 g/mol. The third kappa shape index (κ3) is 2.06. The third-order valence-corrected chi connectivity index (χ3v) is 4.15. The van der Waals surface area contributed by atoms with Crippen molar-refractivity contribution in [1.82, 2.24) is 0 Å². The van der Waals surface area contributed by atoms with Gasteiger partial charge in [-0.05, 0) is 43.4 Å². The molecule has 1 unspecified atom stereocenters. The molecule has 0 aromatic heterocycles. The summed E-state index contributed by atoms with van der Waals surface area (Å²) in [5, 5.41) is 0. The summed E-state index contributed by atoms with van der Waals surface area (Å²) >= 11 is 0. The molecular weight excluding hydrogens is 208 g/mol. The molecule has 1 aromatic rings. The summed E-state index contributed by atoms with van der Waals surface area (Å²) in [4.78, 5) is 2.21. The Labute approximate surface area is 105 Å². The van der Waals surface area contributed by atoms with Crippen molar-refractivity contribution in [3.63, 3.8) is 0 Å². The van der Waals surface area contributed by atoms with E-state index in [1.807, 2.05) is 0 Å². The fraction of sp³-hybridized carbons (Fsp3) is 0.600. The summed E-state index contributed by atoms with van der Waals surface area (Å²) < 4.78 is 0. The molecule has 0 bridgehead atoms. The Morgan fingerprint density at radius 1 is 1.35 bits per heavy atom. The van der Waals surface area contributed by atoms with Crippen molar-refractivity contribution in [3.05, 3.63) is 29.3 Å². The van der Waals surface area contributed by atoms with Crippen LogP contribution in [0.2, 0.25) is 0 Å². The number of aryl methyl sites for hydroxylation is 1. The molecule has 1 fully saturated rings. The molecule has 2 N–H and O–H groups in total. The Kier molecular flexibility index (Phi) is 3.17.